The van der Waals surface area contributed by atoms with Crippen molar-refractivity contribution < 1.29 is 86.7 Å². The Labute approximate surface area is 953 Å². The minimum atomic E-state index is -4.59. The topological polar surface area (TPSA) is 364 Å². The van der Waals surface area contributed by atoms with Crippen LogP contribution < -0.4 is 17.2 Å². The average molecular weight is 2730 g/mol. The second-order valence-electron chi connectivity index (χ2n) is 39.8. The number of hydrogen-bond acceptors (Lipinski definition) is 19. The summed E-state index contributed by atoms with van der Waals surface area (Å²) in [4.78, 5) is 52.8. The summed E-state index contributed by atoms with van der Waals surface area (Å²) < 4.78 is 56.5. The maximum atomic E-state index is 13.5. The van der Waals surface area contributed by atoms with Crippen molar-refractivity contribution in [2.75, 3.05) is 95.7 Å². The number of carbonyl (C=O) groups is 2. The normalized spacial score (nSPS) is 14.7. The number of rotatable bonds is 64. The largest absolute Gasteiger partial charge is 0.475 e. The number of nitrogens with two attached hydrogens (primary N) is 3. The van der Waals surface area contributed by atoms with E-state index < -0.39 is 55.5 Å². The lowest BCUT2D eigenvalue weighted by atomic mass is 9.82. The highest BCUT2D eigenvalue weighted by Crippen LogP contribution is 2.57. The van der Waals surface area contributed by atoms with Gasteiger partial charge in [0.2, 0.25) is 0 Å². The zero-order valence-electron chi connectivity index (χ0n) is 90.9. The number of aryl methyl sites for hydroxylation is 10. The molecule has 0 radical (unpaired) electrons. The van der Waals surface area contributed by atoms with Crippen LogP contribution in [0.5, 0.6) is 0 Å². The van der Waals surface area contributed by atoms with Gasteiger partial charge in [-0.15, -0.1) is 0 Å². The number of benzene rings is 5. The first-order valence-electron chi connectivity index (χ1n) is 52.3. The Hall–Kier alpha value is -0.720. The molecule has 834 valence electrons. The molecule has 0 aromatic heterocycles. The number of esters is 2. The average Bonchev–Trinajstić information content (AvgIpc) is 1.76. The van der Waals surface area contributed by atoms with Crippen LogP contribution in [-0.4, -0.2) is 176 Å². The number of unbranched alkanes of at least 4 members (excludes halogenated alkanes) is 25. The highest BCUT2D eigenvalue weighted by molar-refractivity contribution is 14.1. The molecule has 143 heavy (non-hydrogen) atoms. The molecule has 0 amide bonds. The summed E-state index contributed by atoms with van der Waals surface area (Å²) in [7, 11) is -8.46. The highest BCUT2D eigenvalue weighted by atomic mass is 127. The van der Waals surface area contributed by atoms with E-state index in [1.807, 2.05) is 83.3 Å². The smallest absolute Gasteiger partial charge is 0.465 e. The van der Waals surface area contributed by atoms with Crippen molar-refractivity contribution in [3.8, 4) is 0 Å². The third kappa shape index (κ3) is 79.8. The molecular weight excluding hydrogens is 2520 g/mol. The summed E-state index contributed by atoms with van der Waals surface area (Å²) in [6.07, 6.45) is 52.6. The van der Waals surface area contributed by atoms with Crippen molar-refractivity contribution in [1.82, 2.24) is 0 Å². The maximum Gasteiger partial charge on any atom is 0.475 e. The van der Waals surface area contributed by atoms with E-state index in [0.717, 1.165) is 69.8 Å². The van der Waals surface area contributed by atoms with Crippen molar-refractivity contribution in [3.05, 3.63) is 177 Å². The number of cyclic esters (lactones) is 2. The van der Waals surface area contributed by atoms with Gasteiger partial charge in [-0.3, -0.25) is 27.7 Å². The molecule has 7 rings (SSSR count). The van der Waals surface area contributed by atoms with Crippen LogP contribution in [0.25, 0.3) is 0 Å². The van der Waals surface area contributed by atoms with Gasteiger partial charge in [-0.1, -0.05) is 459 Å². The number of aliphatic hydroxyl groups excluding tert-OH is 6. The first-order valence-corrected chi connectivity index (χ1v) is 68.2. The molecule has 21 nitrogen and oxygen atoms in total. The number of ether oxygens (including phenoxy) is 2. The standard InChI is InChI=1S/C29H49O6P.C21H32O3.C19H34NO5P.2C19H33NO2.6CH3I.CH4/c1-8-9-10-11-12-13-14-24-15-17-25(18-16-24)19-20-29(21-26(30)32-22-29)23-33-36(31,34-27(2,3)4)35-28(5,6)7;1-2-3-4-5-6-7-8-18-9-11-19(12-10-18)13-14-21(16-22)15-20(23)24-17-21;1-2-3-4-5-6-7-8-17-9-11-18(12-10-17)13-14-19(20,15-21)16-25-26(22,23)24;2*1-2-3-4-5-6-7-8-17-9-11-18(12-10-17)13-14-19(20,15-21)16-22;6*1-2;/h15-18H,8-14,19-23H2,1-7H3;9-12,22H,2-8,13-17H2,1H3;9-12,21H,2-8,13-16,20H2,1H3,(H2,22,23,24);2*9-12,21-22H,2-8,13-16,20H2,1H3;6*1H3;1H4/t;;19-;;;;;;;;;/m..0........./s1. The fourth-order valence-electron chi connectivity index (χ4n) is 15.6. The Balaban J connectivity index is -0.000000545. The molecule has 2 aliphatic rings. The van der Waals surface area contributed by atoms with Crippen LogP contribution in [0.3, 0.4) is 0 Å². The molecule has 2 heterocycles. The summed E-state index contributed by atoms with van der Waals surface area (Å²) in [5.41, 5.74) is 25.4. The van der Waals surface area contributed by atoms with Crippen molar-refractivity contribution in [1.29, 1.82) is 0 Å². The van der Waals surface area contributed by atoms with Gasteiger partial charge in [0.05, 0.1) is 107 Å². The predicted molar refractivity (Wildman–Crippen MR) is 658 cm³/mol. The second-order valence-corrected chi connectivity index (χ2v) is 42.5. The molecule has 0 spiro atoms. The summed E-state index contributed by atoms with van der Waals surface area (Å²) in [5, 5.41) is 55.8. The van der Waals surface area contributed by atoms with E-state index in [2.05, 4.69) is 284 Å². The Bertz CT molecular complexity index is 3730. The fraction of sp³-hybridized carbons (Fsp3) is 0.719. The number of aliphatic hydroxyl groups is 6. The van der Waals surface area contributed by atoms with E-state index in [1.54, 1.807) is 0 Å². The van der Waals surface area contributed by atoms with Crippen LogP contribution in [-0.2, 0) is 110 Å². The third-order valence-electron chi connectivity index (χ3n) is 24.7. The van der Waals surface area contributed by atoms with Gasteiger partial charge in [0, 0.05) is 10.8 Å². The Kier molecular flexibility index (Phi) is 98.7. The van der Waals surface area contributed by atoms with Gasteiger partial charge in [-0.05, 0) is 255 Å². The number of halogens is 6. The SMILES string of the molecule is C.CCCCCCCCc1ccc(CCC(N)(CO)CO)cc1.CCCCCCCCc1ccc(CCC(N)(CO)CO)cc1.CCCCCCCCc1ccc(CCC2(CO)COC(=O)C2)cc1.CCCCCCCCc1ccc(CCC2(COP(=O)(OC(C)(C)C)OC(C)(C)C)COC(=O)C2)cc1.CCCCCCCCc1ccc(CC[C@](N)(CO)COP(=O)(O)O)cc1.CI.CI.CI.CI.CI.CI. The fourth-order valence-corrected chi connectivity index (χ4v) is 18.0. The van der Waals surface area contributed by atoms with Crippen molar-refractivity contribution in [2.24, 2.45) is 28.0 Å². The van der Waals surface area contributed by atoms with E-state index in [4.69, 9.17) is 50.0 Å². The molecule has 14 N–H and O–H groups in total. The number of phosphoric ester groups is 2. The van der Waals surface area contributed by atoms with Gasteiger partial charge in [0.15, 0.2) is 0 Å². The molecule has 2 fully saturated rings. The lowest BCUT2D eigenvalue weighted by Crippen LogP contribution is -2.48. The monoisotopic (exact) mass is 2730 g/mol. The Morgan fingerprint density at radius 2 is 0.517 bits per heavy atom. The van der Waals surface area contributed by atoms with Gasteiger partial charge in [-0.25, -0.2) is 9.13 Å². The first kappa shape index (κ1) is 151. The molecule has 29 heteroatoms. The van der Waals surface area contributed by atoms with Crippen LogP contribution in [0.4, 0.5) is 0 Å². The number of hydrogen-bond donors (Lipinski definition) is 11. The van der Waals surface area contributed by atoms with Gasteiger partial charge >= 0.3 is 27.6 Å². The van der Waals surface area contributed by atoms with E-state index in [-0.39, 0.29) is 84.1 Å². The lowest BCUT2D eigenvalue weighted by molar-refractivity contribution is -0.138. The van der Waals surface area contributed by atoms with Crippen LogP contribution in [0.2, 0.25) is 0 Å². The zero-order chi connectivity index (χ0) is 108. The molecule has 0 saturated carbocycles. The van der Waals surface area contributed by atoms with E-state index in [9.17, 15) is 49.4 Å². The molecule has 2 unspecified atom stereocenters. The Morgan fingerprint density at radius 3 is 0.720 bits per heavy atom. The summed E-state index contributed by atoms with van der Waals surface area (Å²) >= 11 is 12.9. The first-order chi connectivity index (χ1) is 67.9. The van der Waals surface area contributed by atoms with E-state index >= 15 is 0 Å². The summed E-state index contributed by atoms with van der Waals surface area (Å²) in [6, 6.07) is 43.3. The van der Waals surface area contributed by atoms with Crippen LogP contribution >= 0.6 is 151 Å². The van der Waals surface area contributed by atoms with Crippen LogP contribution in [0.1, 0.15) is 377 Å². The van der Waals surface area contributed by atoms with Crippen LogP contribution in [0.15, 0.2) is 121 Å². The van der Waals surface area contributed by atoms with Crippen molar-refractivity contribution >= 4 is 163 Å². The minimum Gasteiger partial charge on any atom is -0.465 e. The molecule has 2 saturated heterocycles. The molecule has 3 atom stereocenters. The molecule has 2 aliphatic heterocycles. The van der Waals surface area contributed by atoms with E-state index in [1.165, 1.54) is 243 Å². The molecular formula is C114H203I6N3O18P2. The summed E-state index contributed by atoms with van der Waals surface area (Å²) in [5.74, 6) is -0.436. The zero-order valence-corrected chi connectivity index (χ0v) is 106. The molecule has 0 bridgehead atoms. The lowest BCUT2D eigenvalue weighted by Gasteiger charge is -2.33. The van der Waals surface area contributed by atoms with Gasteiger partial charge in [0.1, 0.15) is 0 Å². The van der Waals surface area contributed by atoms with Gasteiger partial charge < -0.3 is 67.1 Å². The number of phosphoric acid groups is 2. The summed E-state index contributed by atoms with van der Waals surface area (Å²) in [6.45, 7) is 21.3. The van der Waals surface area contributed by atoms with Crippen molar-refractivity contribution in [2.45, 2.75) is 413 Å². The minimum absolute atomic E-state index is 0. The number of carbonyl (C=O) groups excluding carboxylic acids is 2. The quantitative estimate of drug-likeness (QED) is 0.00566. The van der Waals surface area contributed by atoms with Gasteiger partial charge in [0.25, 0.3) is 0 Å². The maximum absolute atomic E-state index is 13.5. The van der Waals surface area contributed by atoms with Gasteiger partial charge in [-0.2, -0.15) is 0 Å². The van der Waals surface area contributed by atoms with Crippen LogP contribution in [0, 0.1) is 10.8 Å². The second kappa shape index (κ2) is 93.7. The third-order valence-corrected chi connectivity index (χ3v) is 27.1. The molecule has 5 aromatic carbocycles. The highest BCUT2D eigenvalue weighted by Gasteiger charge is 2.46. The predicted octanol–water partition coefficient (Wildman–Crippen LogP) is 29.3. The van der Waals surface area contributed by atoms with E-state index in [0.29, 0.717) is 45.1 Å². The number of alkyl halides is 6. The molecule has 5 aromatic rings. The van der Waals surface area contributed by atoms with Crippen molar-refractivity contribution in [3.63, 3.8) is 0 Å². The Morgan fingerprint density at radius 1 is 0.315 bits per heavy atom. The molecule has 0 aliphatic carbocycles.